The van der Waals surface area contributed by atoms with Gasteiger partial charge in [0.1, 0.15) is 11.6 Å². The molecule has 2 heterocycles. The lowest BCUT2D eigenvalue weighted by Gasteiger charge is -2.38. The summed E-state index contributed by atoms with van der Waals surface area (Å²) in [6.07, 6.45) is 1.88. The van der Waals surface area contributed by atoms with Crippen LogP contribution in [0.4, 0.5) is 4.79 Å². The molecule has 0 aliphatic carbocycles. The van der Waals surface area contributed by atoms with Gasteiger partial charge in [0.15, 0.2) is 0 Å². The first-order chi connectivity index (χ1) is 18.6. The molecule has 0 bridgehead atoms. The lowest BCUT2D eigenvalue weighted by atomic mass is 9.85. The third-order valence-corrected chi connectivity index (χ3v) is 7.03. The van der Waals surface area contributed by atoms with Crippen LogP contribution in [-0.4, -0.2) is 91.9 Å². The van der Waals surface area contributed by atoms with Crippen molar-refractivity contribution < 1.29 is 19.1 Å². The van der Waals surface area contributed by atoms with Crippen LogP contribution in [0.2, 0.25) is 0 Å². The topological polar surface area (TPSA) is 119 Å². The quantitative estimate of drug-likeness (QED) is 0.384. The zero-order chi connectivity index (χ0) is 28.3. The molecule has 10 nitrogen and oxygen atoms in total. The fourth-order valence-corrected chi connectivity index (χ4v) is 4.83. The molecule has 0 saturated carbocycles. The molecule has 10 heteroatoms. The number of carbonyl (C=O) groups excluding carboxylic acids is 2. The maximum absolute atomic E-state index is 13.7. The van der Waals surface area contributed by atoms with Crippen LogP contribution < -0.4 is 10.6 Å². The predicted octanol–water partition coefficient (Wildman–Crippen LogP) is 2.94. The van der Waals surface area contributed by atoms with Gasteiger partial charge in [-0.3, -0.25) is 10.1 Å². The van der Waals surface area contributed by atoms with E-state index in [9.17, 15) is 14.9 Å². The van der Waals surface area contributed by atoms with Crippen LogP contribution in [0.25, 0.3) is 0 Å². The van der Waals surface area contributed by atoms with Gasteiger partial charge in [-0.1, -0.05) is 51.1 Å². The molecule has 39 heavy (non-hydrogen) atoms. The van der Waals surface area contributed by atoms with E-state index in [1.165, 1.54) is 5.56 Å². The van der Waals surface area contributed by atoms with E-state index < -0.39 is 17.7 Å². The van der Waals surface area contributed by atoms with Crippen molar-refractivity contribution in [1.82, 2.24) is 20.4 Å². The van der Waals surface area contributed by atoms with Crippen LogP contribution in [0.15, 0.2) is 35.3 Å². The average molecular weight is 541 g/mol. The summed E-state index contributed by atoms with van der Waals surface area (Å²) in [7, 11) is 0. The van der Waals surface area contributed by atoms with E-state index in [4.69, 9.17) is 14.5 Å². The number of ether oxygens (including phenoxy) is 2. The van der Waals surface area contributed by atoms with E-state index >= 15 is 0 Å². The Morgan fingerprint density at radius 2 is 1.82 bits per heavy atom. The van der Waals surface area contributed by atoms with Crippen LogP contribution in [0.3, 0.4) is 0 Å². The number of morpholine rings is 1. The average Bonchev–Trinajstić information content (AvgIpc) is 2.92. The normalized spacial score (nSPS) is 19.1. The number of nitrogens with zero attached hydrogens (tertiary/aromatic N) is 4. The van der Waals surface area contributed by atoms with Crippen molar-refractivity contribution in [2.45, 2.75) is 65.0 Å². The molecule has 0 aromatic heterocycles. The Morgan fingerprint density at radius 1 is 1.15 bits per heavy atom. The van der Waals surface area contributed by atoms with Gasteiger partial charge < -0.3 is 24.6 Å². The highest BCUT2D eigenvalue weighted by molar-refractivity contribution is 5.96. The number of likely N-dealkylation sites (tertiary alicyclic amines) is 1. The van der Waals surface area contributed by atoms with E-state index in [1.54, 1.807) is 6.92 Å². The Balaban J connectivity index is 1.72. The second-order valence-electron chi connectivity index (χ2n) is 11.4. The number of guanidine groups is 1. The Labute approximate surface area is 232 Å². The van der Waals surface area contributed by atoms with Crippen LogP contribution in [-0.2, 0) is 20.7 Å². The number of amides is 2. The van der Waals surface area contributed by atoms with Gasteiger partial charge in [-0.2, -0.15) is 5.26 Å². The largest absolute Gasteiger partial charge is 0.450 e. The Bertz CT molecular complexity index is 1000. The van der Waals surface area contributed by atoms with Crippen LogP contribution >= 0.6 is 0 Å². The van der Waals surface area contributed by atoms with Gasteiger partial charge in [0.2, 0.25) is 11.9 Å². The maximum atomic E-state index is 13.7. The summed E-state index contributed by atoms with van der Waals surface area (Å²) >= 11 is 0. The molecular formula is C29H44N6O4. The van der Waals surface area contributed by atoms with Gasteiger partial charge in [-0.15, -0.1) is 0 Å². The second kappa shape index (κ2) is 14.3. The van der Waals surface area contributed by atoms with E-state index in [0.717, 1.165) is 26.1 Å². The van der Waals surface area contributed by atoms with Crippen molar-refractivity contribution >= 4 is 18.0 Å². The molecule has 1 aromatic carbocycles. The van der Waals surface area contributed by atoms with E-state index in [-0.39, 0.29) is 17.9 Å². The Hall–Kier alpha value is -3.16. The molecule has 2 N–H and O–H groups in total. The standard InChI is InChI=1S/C29H44N6O4/c1-5-39-27(37)32-26(35-17-19-38-20-18-35)31-24(21-28(2,3)4)25(36)33-29(22-30)12-15-34(16-13-29)14-11-23-9-7-6-8-10-23/h6-10,24H,5,11-21H2,1-4H3,(H,33,36)(H,31,32,37). The molecule has 2 aliphatic heterocycles. The molecule has 2 saturated heterocycles. The molecule has 2 aliphatic rings. The third kappa shape index (κ3) is 9.83. The predicted molar refractivity (Wildman–Crippen MR) is 150 cm³/mol. The molecule has 2 amide bonds. The number of piperidine rings is 1. The lowest BCUT2D eigenvalue weighted by molar-refractivity contribution is -0.124. The molecule has 0 spiro atoms. The van der Waals surface area contributed by atoms with Crippen LogP contribution in [0.5, 0.6) is 0 Å². The van der Waals surface area contributed by atoms with Gasteiger partial charge in [-0.05, 0) is 43.6 Å². The molecule has 1 aromatic rings. The summed E-state index contributed by atoms with van der Waals surface area (Å²) in [5, 5.41) is 15.9. The number of nitrogens with one attached hydrogen (secondary N) is 2. The van der Waals surface area contributed by atoms with Gasteiger partial charge in [0.25, 0.3) is 0 Å². The Morgan fingerprint density at radius 3 is 2.41 bits per heavy atom. The minimum atomic E-state index is -0.945. The van der Waals surface area contributed by atoms with Gasteiger partial charge >= 0.3 is 6.09 Å². The van der Waals surface area contributed by atoms with Gasteiger partial charge in [-0.25, -0.2) is 9.79 Å². The highest BCUT2D eigenvalue weighted by Gasteiger charge is 2.38. The van der Waals surface area contributed by atoms with Gasteiger partial charge in [0.05, 0.1) is 25.9 Å². The number of hydrogen-bond acceptors (Lipinski definition) is 7. The molecule has 1 atom stereocenters. The number of benzene rings is 1. The summed E-state index contributed by atoms with van der Waals surface area (Å²) in [6.45, 7) is 12.5. The van der Waals surface area contributed by atoms with Crippen LogP contribution in [0.1, 0.15) is 52.5 Å². The van der Waals surface area contributed by atoms with E-state index in [0.29, 0.717) is 51.5 Å². The zero-order valence-corrected chi connectivity index (χ0v) is 23.9. The van der Waals surface area contributed by atoms with E-state index in [2.05, 4.69) is 33.7 Å². The Kier molecular flexibility index (Phi) is 11.1. The summed E-state index contributed by atoms with van der Waals surface area (Å²) in [5.41, 5.74) is 0.129. The number of nitriles is 1. The molecular weight excluding hydrogens is 496 g/mol. The highest BCUT2D eigenvalue weighted by Crippen LogP contribution is 2.26. The fraction of sp³-hybridized carbons (Fsp3) is 0.655. The number of hydrogen-bond donors (Lipinski definition) is 2. The minimum Gasteiger partial charge on any atom is -0.450 e. The second-order valence-corrected chi connectivity index (χ2v) is 11.4. The van der Waals surface area contributed by atoms with Crippen LogP contribution in [0, 0.1) is 16.7 Å². The van der Waals surface area contributed by atoms with Crippen molar-refractivity contribution in [3.8, 4) is 6.07 Å². The monoisotopic (exact) mass is 540 g/mol. The molecule has 214 valence electrons. The summed E-state index contributed by atoms with van der Waals surface area (Å²) < 4.78 is 10.5. The van der Waals surface area contributed by atoms with E-state index in [1.807, 2.05) is 43.9 Å². The number of aliphatic imine (C=N–C) groups is 1. The van der Waals surface area contributed by atoms with Crippen molar-refractivity contribution in [3.05, 3.63) is 35.9 Å². The minimum absolute atomic E-state index is 0.216. The fourth-order valence-electron chi connectivity index (χ4n) is 4.83. The first-order valence-electron chi connectivity index (χ1n) is 14.0. The summed E-state index contributed by atoms with van der Waals surface area (Å²) in [6, 6.07) is 12.0. The molecule has 2 fully saturated rings. The zero-order valence-electron chi connectivity index (χ0n) is 23.9. The van der Waals surface area contributed by atoms with Crippen molar-refractivity contribution in [1.29, 1.82) is 5.26 Å². The molecule has 3 rings (SSSR count). The first kappa shape index (κ1) is 30.4. The first-order valence-corrected chi connectivity index (χ1v) is 14.0. The van der Waals surface area contributed by atoms with Crippen molar-refractivity contribution in [3.63, 3.8) is 0 Å². The number of rotatable bonds is 8. The summed E-state index contributed by atoms with van der Waals surface area (Å²) in [5.74, 6) is -0.0106. The molecule has 1 unspecified atom stereocenters. The smallest absolute Gasteiger partial charge is 0.413 e. The van der Waals surface area contributed by atoms with Crippen molar-refractivity contribution in [2.24, 2.45) is 10.4 Å². The lowest BCUT2D eigenvalue weighted by Crippen LogP contribution is -2.57. The highest BCUT2D eigenvalue weighted by atomic mass is 16.5. The third-order valence-electron chi connectivity index (χ3n) is 7.03. The van der Waals surface area contributed by atoms with Gasteiger partial charge in [0, 0.05) is 32.7 Å². The van der Waals surface area contributed by atoms with Crippen molar-refractivity contribution in [2.75, 3.05) is 52.5 Å². The summed E-state index contributed by atoms with van der Waals surface area (Å²) in [4.78, 5) is 35.0. The number of alkyl carbamates (subject to hydrolysis) is 1. The molecule has 0 radical (unpaired) electrons. The number of carbonyl (C=O) groups is 2. The SMILES string of the molecule is CCOC(=O)NC(=NC(CC(C)(C)C)C(=O)NC1(C#N)CCN(CCc2ccccc2)CC1)N1CCOCC1. The maximum Gasteiger partial charge on any atom is 0.413 e.